The third-order valence-electron chi connectivity index (χ3n) is 1.94. The van der Waals surface area contributed by atoms with Crippen molar-refractivity contribution in [3.8, 4) is 0 Å². The monoisotopic (exact) mass is 208 g/mol. The Kier molecular flexibility index (Phi) is 3.78. The molecule has 1 rings (SSSR count). The lowest BCUT2D eigenvalue weighted by molar-refractivity contribution is 0.129. The Morgan fingerprint density at radius 2 is 1.93 bits per heavy atom. The molecular formula is C12H16OS. The van der Waals surface area contributed by atoms with Crippen molar-refractivity contribution in [3.05, 3.63) is 47.4 Å². The van der Waals surface area contributed by atoms with E-state index in [-0.39, 0.29) is 0 Å². The largest absolute Gasteiger partial charge is 0.385 e. The maximum absolute atomic E-state index is 9.64. The molecule has 0 aromatic heterocycles. The van der Waals surface area contributed by atoms with Gasteiger partial charge in [-0.3, -0.25) is 0 Å². The minimum Gasteiger partial charge on any atom is -0.385 e. The van der Waals surface area contributed by atoms with Gasteiger partial charge in [0.05, 0.1) is 5.60 Å². The summed E-state index contributed by atoms with van der Waals surface area (Å²) in [5.74, 6) is 0.865. The van der Waals surface area contributed by atoms with Gasteiger partial charge in [0.15, 0.2) is 0 Å². The van der Waals surface area contributed by atoms with Gasteiger partial charge in [0.2, 0.25) is 0 Å². The fourth-order valence-electron chi connectivity index (χ4n) is 0.921. The zero-order chi connectivity index (χ0) is 10.6. The highest BCUT2D eigenvalue weighted by molar-refractivity contribution is 8.02. The summed E-state index contributed by atoms with van der Waals surface area (Å²) < 4.78 is 0. The van der Waals surface area contributed by atoms with Crippen molar-refractivity contribution < 1.29 is 5.11 Å². The van der Waals surface area contributed by atoms with Crippen molar-refractivity contribution >= 4 is 11.8 Å². The highest BCUT2D eigenvalue weighted by Crippen LogP contribution is 2.28. The second kappa shape index (κ2) is 4.67. The van der Waals surface area contributed by atoms with Crippen LogP contribution in [-0.4, -0.2) is 10.7 Å². The van der Waals surface area contributed by atoms with E-state index in [0.717, 1.165) is 10.7 Å². The van der Waals surface area contributed by atoms with Gasteiger partial charge in [0.1, 0.15) is 0 Å². The van der Waals surface area contributed by atoms with Crippen LogP contribution in [0.25, 0.3) is 0 Å². The number of hydrogen-bond acceptors (Lipinski definition) is 2. The summed E-state index contributed by atoms with van der Waals surface area (Å²) in [4.78, 5) is 0.807. The fourth-order valence-corrected chi connectivity index (χ4v) is 1.81. The number of hydrogen-bond donors (Lipinski definition) is 1. The van der Waals surface area contributed by atoms with Crippen LogP contribution in [0.15, 0.2) is 41.8 Å². The summed E-state index contributed by atoms with van der Waals surface area (Å²) in [5.41, 5.74) is 0.460. The SMILES string of the molecule is C=C(SCc1ccccc1)C(C)(C)O. The molecule has 0 aliphatic carbocycles. The molecule has 0 amide bonds. The van der Waals surface area contributed by atoms with Crippen molar-refractivity contribution in [1.82, 2.24) is 0 Å². The van der Waals surface area contributed by atoms with E-state index in [9.17, 15) is 5.11 Å². The van der Waals surface area contributed by atoms with Gasteiger partial charge in [-0.2, -0.15) is 0 Å². The van der Waals surface area contributed by atoms with Crippen LogP contribution in [-0.2, 0) is 5.75 Å². The first-order valence-electron chi connectivity index (χ1n) is 4.58. The summed E-state index contributed by atoms with van der Waals surface area (Å²) in [6, 6.07) is 10.2. The van der Waals surface area contributed by atoms with Gasteiger partial charge in [-0.05, 0) is 19.4 Å². The van der Waals surface area contributed by atoms with Crippen molar-refractivity contribution in [3.63, 3.8) is 0 Å². The quantitative estimate of drug-likeness (QED) is 0.820. The van der Waals surface area contributed by atoms with E-state index in [1.807, 2.05) is 18.2 Å². The zero-order valence-electron chi connectivity index (χ0n) is 8.66. The van der Waals surface area contributed by atoms with E-state index in [4.69, 9.17) is 0 Å². The highest BCUT2D eigenvalue weighted by atomic mass is 32.2. The molecule has 0 heterocycles. The molecule has 14 heavy (non-hydrogen) atoms. The Morgan fingerprint density at radius 1 is 1.36 bits per heavy atom. The molecule has 0 saturated heterocycles. The van der Waals surface area contributed by atoms with Crippen LogP contribution >= 0.6 is 11.8 Å². The Labute approximate surface area is 89.8 Å². The van der Waals surface area contributed by atoms with Crippen LogP contribution in [0.5, 0.6) is 0 Å². The Hall–Kier alpha value is -0.730. The summed E-state index contributed by atoms with van der Waals surface area (Å²) >= 11 is 1.59. The van der Waals surface area contributed by atoms with Gasteiger partial charge in [0, 0.05) is 10.7 Å². The molecule has 0 saturated carbocycles. The predicted molar refractivity (Wildman–Crippen MR) is 63.2 cm³/mol. The molecule has 1 N–H and O–H groups in total. The molecule has 0 atom stereocenters. The molecule has 0 aliphatic rings. The Bertz CT molecular complexity index is 298. The van der Waals surface area contributed by atoms with Gasteiger partial charge in [-0.25, -0.2) is 0 Å². The Morgan fingerprint density at radius 3 is 2.43 bits per heavy atom. The van der Waals surface area contributed by atoms with Crippen molar-refractivity contribution in [2.75, 3.05) is 0 Å². The molecule has 0 radical (unpaired) electrons. The summed E-state index contributed by atoms with van der Waals surface area (Å²) in [7, 11) is 0. The first-order valence-corrected chi connectivity index (χ1v) is 5.57. The molecule has 0 spiro atoms. The van der Waals surface area contributed by atoms with Crippen molar-refractivity contribution in [1.29, 1.82) is 0 Å². The molecule has 0 aliphatic heterocycles. The Balaban J connectivity index is 2.46. The van der Waals surface area contributed by atoms with Crippen LogP contribution in [0.1, 0.15) is 19.4 Å². The van der Waals surface area contributed by atoms with E-state index in [1.165, 1.54) is 5.56 Å². The smallest absolute Gasteiger partial charge is 0.0892 e. The van der Waals surface area contributed by atoms with Crippen LogP contribution in [0.2, 0.25) is 0 Å². The minimum absolute atomic E-state index is 0.792. The number of benzene rings is 1. The molecular weight excluding hydrogens is 192 g/mol. The van der Waals surface area contributed by atoms with E-state index in [1.54, 1.807) is 25.6 Å². The van der Waals surface area contributed by atoms with Gasteiger partial charge >= 0.3 is 0 Å². The summed E-state index contributed by atoms with van der Waals surface area (Å²) in [6.07, 6.45) is 0. The lowest BCUT2D eigenvalue weighted by atomic mass is 10.1. The first-order chi connectivity index (χ1) is 6.50. The lowest BCUT2D eigenvalue weighted by Crippen LogP contribution is -2.19. The third-order valence-corrected chi connectivity index (χ3v) is 3.26. The molecule has 1 aromatic rings. The topological polar surface area (TPSA) is 20.2 Å². The van der Waals surface area contributed by atoms with Gasteiger partial charge < -0.3 is 5.11 Å². The normalized spacial score (nSPS) is 11.4. The number of aliphatic hydroxyl groups is 1. The van der Waals surface area contributed by atoms with E-state index in [0.29, 0.717) is 0 Å². The standard InChI is InChI=1S/C12H16OS/c1-10(12(2,3)13)14-9-11-7-5-4-6-8-11/h4-8,13H,1,9H2,2-3H3. The van der Waals surface area contributed by atoms with Gasteiger partial charge in [0.25, 0.3) is 0 Å². The summed E-state index contributed by atoms with van der Waals surface area (Å²) in [5, 5.41) is 9.64. The highest BCUT2D eigenvalue weighted by Gasteiger charge is 2.17. The minimum atomic E-state index is -0.792. The number of thioether (sulfide) groups is 1. The van der Waals surface area contributed by atoms with E-state index < -0.39 is 5.60 Å². The van der Waals surface area contributed by atoms with Crippen molar-refractivity contribution in [2.45, 2.75) is 25.2 Å². The third kappa shape index (κ3) is 3.56. The molecule has 0 unspecified atom stereocenters. The van der Waals surface area contributed by atoms with Gasteiger partial charge in [-0.1, -0.05) is 36.9 Å². The van der Waals surface area contributed by atoms with E-state index >= 15 is 0 Å². The van der Waals surface area contributed by atoms with Crippen molar-refractivity contribution in [2.24, 2.45) is 0 Å². The fraction of sp³-hybridized carbons (Fsp3) is 0.333. The molecule has 1 aromatic carbocycles. The average Bonchev–Trinajstić information content (AvgIpc) is 2.14. The molecule has 2 heteroatoms. The van der Waals surface area contributed by atoms with Crippen LogP contribution in [0.4, 0.5) is 0 Å². The van der Waals surface area contributed by atoms with Gasteiger partial charge in [-0.15, -0.1) is 11.8 Å². The lowest BCUT2D eigenvalue weighted by Gasteiger charge is -2.19. The van der Waals surface area contributed by atoms with Crippen LogP contribution < -0.4 is 0 Å². The second-order valence-corrected chi connectivity index (χ2v) is 4.83. The van der Waals surface area contributed by atoms with Crippen LogP contribution in [0, 0.1) is 0 Å². The predicted octanol–water partition coefficient (Wildman–Crippen LogP) is 3.20. The molecule has 1 nitrogen and oxygen atoms in total. The number of rotatable bonds is 4. The van der Waals surface area contributed by atoms with E-state index in [2.05, 4.69) is 18.7 Å². The molecule has 0 fully saturated rings. The second-order valence-electron chi connectivity index (χ2n) is 3.76. The maximum atomic E-state index is 9.64. The zero-order valence-corrected chi connectivity index (χ0v) is 9.47. The summed E-state index contributed by atoms with van der Waals surface area (Å²) in [6.45, 7) is 7.37. The maximum Gasteiger partial charge on any atom is 0.0892 e. The molecule has 76 valence electrons. The first kappa shape index (κ1) is 11.3. The van der Waals surface area contributed by atoms with Crippen LogP contribution in [0.3, 0.4) is 0 Å². The molecule has 0 bridgehead atoms. The average molecular weight is 208 g/mol.